The number of nitro groups is 1. The van der Waals surface area contributed by atoms with Gasteiger partial charge in [0, 0.05) is 18.7 Å². The lowest BCUT2D eigenvalue weighted by Crippen LogP contribution is -2.25. The van der Waals surface area contributed by atoms with Crippen LogP contribution in [0.1, 0.15) is 17.2 Å². The third-order valence-corrected chi connectivity index (χ3v) is 4.15. The van der Waals surface area contributed by atoms with Crippen molar-refractivity contribution in [1.29, 1.82) is 0 Å². The molecule has 126 valence electrons. The van der Waals surface area contributed by atoms with Gasteiger partial charge in [-0.15, -0.1) is 0 Å². The Morgan fingerprint density at radius 2 is 1.68 bits per heavy atom. The van der Waals surface area contributed by atoms with Crippen molar-refractivity contribution < 1.29 is 19.6 Å². The molecule has 25 heavy (non-hydrogen) atoms. The second-order valence-corrected chi connectivity index (χ2v) is 5.59. The molecule has 1 amide bonds. The number of carbonyl (C=O) groups excluding carboxylic acids is 2. The Balaban J connectivity index is 2.25. The number of likely N-dealkylation sites (N-methyl/N-ethyl adjacent to an activating group) is 1. The molecule has 1 fully saturated rings. The predicted octanol–water partition coefficient (Wildman–Crippen LogP) is 2.65. The number of aliphatic hydroxyl groups excluding tert-OH is 1. The van der Waals surface area contributed by atoms with E-state index in [0.29, 0.717) is 5.56 Å². The summed E-state index contributed by atoms with van der Waals surface area (Å²) < 4.78 is 0. The Morgan fingerprint density at radius 1 is 1.08 bits per heavy atom. The third kappa shape index (κ3) is 2.65. The van der Waals surface area contributed by atoms with Crippen LogP contribution in [0.2, 0.25) is 0 Å². The van der Waals surface area contributed by atoms with E-state index in [2.05, 4.69) is 0 Å². The number of carbonyl (C=O) groups is 2. The Hall–Kier alpha value is -3.48. The Morgan fingerprint density at radius 3 is 2.32 bits per heavy atom. The topological polar surface area (TPSA) is 101 Å². The maximum absolute atomic E-state index is 12.4. The van der Waals surface area contributed by atoms with Crippen LogP contribution in [0.5, 0.6) is 0 Å². The summed E-state index contributed by atoms with van der Waals surface area (Å²) >= 11 is 0. The lowest BCUT2D eigenvalue weighted by Gasteiger charge is -2.20. The fourth-order valence-electron chi connectivity index (χ4n) is 2.95. The van der Waals surface area contributed by atoms with Crippen molar-refractivity contribution in [3.63, 3.8) is 0 Å². The molecule has 0 aliphatic carbocycles. The lowest BCUT2D eigenvalue weighted by atomic mass is 9.94. The highest BCUT2D eigenvalue weighted by molar-refractivity contribution is 6.46. The molecule has 1 heterocycles. The SMILES string of the molecule is CN1C(=O)C(=O)/C(=C(/O)c2ccccc2)[C@H]1c1ccccc1[N+](=O)[O-]. The first kappa shape index (κ1) is 16.4. The van der Waals surface area contributed by atoms with Crippen molar-refractivity contribution in [3.8, 4) is 0 Å². The van der Waals surface area contributed by atoms with E-state index < -0.39 is 22.7 Å². The number of hydrogen-bond acceptors (Lipinski definition) is 5. The fraction of sp³-hybridized carbons (Fsp3) is 0.111. The zero-order valence-corrected chi connectivity index (χ0v) is 13.2. The van der Waals surface area contributed by atoms with Crippen LogP contribution in [0.3, 0.4) is 0 Å². The summed E-state index contributed by atoms with van der Waals surface area (Å²) in [6.45, 7) is 0. The minimum Gasteiger partial charge on any atom is -0.507 e. The van der Waals surface area contributed by atoms with Crippen LogP contribution in [0.25, 0.3) is 5.76 Å². The van der Waals surface area contributed by atoms with Gasteiger partial charge >= 0.3 is 0 Å². The van der Waals surface area contributed by atoms with E-state index in [1.807, 2.05) is 0 Å². The second-order valence-electron chi connectivity index (χ2n) is 5.59. The van der Waals surface area contributed by atoms with Crippen LogP contribution in [0.15, 0.2) is 60.2 Å². The van der Waals surface area contributed by atoms with Gasteiger partial charge in [-0.3, -0.25) is 19.7 Å². The van der Waals surface area contributed by atoms with Gasteiger partial charge in [-0.1, -0.05) is 42.5 Å². The molecule has 0 aromatic heterocycles. The first-order valence-corrected chi connectivity index (χ1v) is 7.47. The van der Waals surface area contributed by atoms with E-state index in [0.717, 1.165) is 4.90 Å². The maximum atomic E-state index is 12.4. The van der Waals surface area contributed by atoms with E-state index in [-0.39, 0.29) is 22.6 Å². The van der Waals surface area contributed by atoms with Crippen molar-refractivity contribution in [2.45, 2.75) is 6.04 Å². The number of Topliss-reactive ketones (excluding diaryl/α,β-unsaturated/α-hetero) is 1. The quantitative estimate of drug-likeness (QED) is 0.305. The number of hydrogen-bond donors (Lipinski definition) is 1. The van der Waals surface area contributed by atoms with Gasteiger partial charge in [0.1, 0.15) is 5.76 Å². The average molecular weight is 338 g/mol. The Kier molecular flexibility index (Phi) is 4.06. The number of benzene rings is 2. The molecule has 7 nitrogen and oxygen atoms in total. The minimum absolute atomic E-state index is 0.159. The highest BCUT2D eigenvalue weighted by atomic mass is 16.6. The van der Waals surface area contributed by atoms with Crippen LogP contribution >= 0.6 is 0 Å². The summed E-state index contributed by atoms with van der Waals surface area (Å²) in [5.41, 5.74) is 0.150. The standard InChI is InChI=1S/C18H14N2O5/c1-19-15(12-9-5-6-10-13(12)20(24)25)14(17(22)18(19)23)16(21)11-7-3-2-4-8-11/h2-10,15,21H,1H3/b16-14+/t15-/m1/s1. The maximum Gasteiger partial charge on any atom is 0.295 e. The molecule has 0 unspecified atom stereocenters. The van der Waals surface area contributed by atoms with E-state index >= 15 is 0 Å². The summed E-state index contributed by atoms with van der Waals surface area (Å²) in [4.78, 5) is 36.5. The summed E-state index contributed by atoms with van der Waals surface area (Å²) in [5, 5.41) is 21.9. The largest absolute Gasteiger partial charge is 0.507 e. The molecule has 1 N–H and O–H groups in total. The number of nitrogens with zero attached hydrogens (tertiary/aromatic N) is 2. The van der Waals surface area contributed by atoms with Gasteiger partial charge < -0.3 is 10.0 Å². The minimum atomic E-state index is -1.03. The lowest BCUT2D eigenvalue weighted by molar-refractivity contribution is -0.385. The monoisotopic (exact) mass is 338 g/mol. The normalized spacial score (nSPS) is 19.2. The van der Waals surface area contributed by atoms with Crippen molar-refractivity contribution in [3.05, 3.63) is 81.4 Å². The van der Waals surface area contributed by atoms with Gasteiger partial charge in [0.2, 0.25) is 0 Å². The summed E-state index contributed by atoms with van der Waals surface area (Å²) in [6, 6.07) is 13.1. The van der Waals surface area contributed by atoms with E-state index in [1.165, 1.54) is 25.2 Å². The first-order valence-electron chi connectivity index (χ1n) is 7.47. The van der Waals surface area contributed by atoms with Gasteiger partial charge in [0.05, 0.1) is 22.1 Å². The molecule has 1 aliphatic heterocycles. The molecular weight excluding hydrogens is 324 g/mol. The van der Waals surface area contributed by atoms with E-state index in [1.54, 1.807) is 36.4 Å². The van der Waals surface area contributed by atoms with Crippen LogP contribution in [-0.4, -0.2) is 33.7 Å². The van der Waals surface area contributed by atoms with Crippen molar-refractivity contribution in [1.82, 2.24) is 4.90 Å². The number of aliphatic hydroxyl groups is 1. The molecular formula is C18H14N2O5. The van der Waals surface area contributed by atoms with Gasteiger partial charge in [-0.05, 0) is 6.07 Å². The molecule has 0 spiro atoms. The first-order chi connectivity index (χ1) is 11.9. The molecule has 0 radical (unpaired) electrons. The highest BCUT2D eigenvalue weighted by Crippen LogP contribution is 2.41. The zero-order chi connectivity index (χ0) is 18.1. The Labute approximate surface area is 143 Å². The molecule has 1 saturated heterocycles. The molecule has 1 aliphatic rings. The molecule has 0 saturated carbocycles. The van der Waals surface area contributed by atoms with E-state index in [4.69, 9.17) is 0 Å². The molecule has 7 heteroatoms. The molecule has 3 rings (SSSR count). The van der Waals surface area contributed by atoms with Gasteiger partial charge in [-0.25, -0.2) is 0 Å². The van der Waals surface area contributed by atoms with Crippen molar-refractivity contribution in [2.24, 2.45) is 0 Å². The summed E-state index contributed by atoms with van der Waals surface area (Å²) in [6.07, 6.45) is 0. The van der Waals surface area contributed by atoms with Crippen LogP contribution in [0, 0.1) is 10.1 Å². The van der Waals surface area contributed by atoms with Gasteiger partial charge in [0.25, 0.3) is 17.4 Å². The molecule has 1 atom stereocenters. The van der Waals surface area contributed by atoms with Crippen molar-refractivity contribution in [2.75, 3.05) is 7.05 Å². The average Bonchev–Trinajstić information content (AvgIpc) is 2.85. The third-order valence-electron chi connectivity index (χ3n) is 4.15. The highest BCUT2D eigenvalue weighted by Gasteiger charge is 2.46. The Bertz CT molecular complexity index is 905. The number of rotatable bonds is 3. The van der Waals surface area contributed by atoms with Crippen molar-refractivity contribution >= 4 is 23.1 Å². The van der Waals surface area contributed by atoms with Crippen LogP contribution < -0.4 is 0 Å². The van der Waals surface area contributed by atoms with Crippen LogP contribution in [-0.2, 0) is 9.59 Å². The van der Waals surface area contributed by atoms with Crippen LogP contribution in [0.4, 0.5) is 5.69 Å². The van der Waals surface area contributed by atoms with Gasteiger partial charge in [-0.2, -0.15) is 0 Å². The summed E-state index contributed by atoms with van der Waals surface area (Å²) in [7, 11) is 1.38. The summed E-state index contributed by atoms with van der Waals surface area (Å²) in [5.74, 6) is -2.04. The number of nitro benzene ring substituents is 1. The zero-order valence-electron chi connectivity index (χ0n) is 13.2. The van der Waals surface area contributed by atoms with E-state index in [9.17, 15) is 24.8 Å². The molecule has 2 aromatic rings. The number of amides is 1. The second kappa shape index (κ2) is 6.20. The fourth-order valence-corrected chi connectivity index (χ4v) is 2.95. The smallest absolute Gasteiger partial charge is 0.295 e. The van der Waals surface area contributed by atoms with Gasteiger partial charge in [0.15, 0.2) is 0 Å². The molecule has 0 bridgehead atoms. The predicted molar refractivity (Wildman–Crippen MR) is 89.6 cm³/mol. The number of para-hydroxylation sites is 1. The number of likely N-dealkylation sites (tertiary alicyclic amines) is 1. The molecule has 2 aromatic carbocycles. The number of ketones is 1.